The van der Waals surface area contributed by atoms with Gasteiger partial charge in [-0.15, -0.1) is 0 Å². The summed E-state index contributed by atoms with van der Waals surface area (Å²) in [5.74, 6) is -0.234. The second-order valence-corrected chi connectivity index (χ2v) is 5.26. The first-order valence-corrected chi connectivity index (χ1v) is 7.05. The molecule has 5 nitrogen and oxygen atoms in total. The van der Waals surface area contributed by atoms with Gasteiger partial charge in [0.15, 0.2) is 0 Å². The summed E-state index contributed by atoms with van der Waals surface area (Å²) >= 11 is 0. The maximum absolute atomic E-state index is 12.1. The third-order valence-electron chi connectivity index (χ3n) is 3.49. The molecule has 0 heterocycles. The Bertz CT molecular complexity index is 681. The Morgan fingerprint density at radius 2 is 1.82 bits per heavy atom. The summed E-state index contributed by atoms with van der Waals surface area (Å²) in [6.45, 7) is 3.89. The number of benzene rings is 2. The van der Waals surface area contributed by atoms with Crippen molar-refractivity contribution in [1.29, 1.82) is 0 Å². The number of carbonyl (C=O) groups excluding carboxylic acids is 1. The second-order valence-electron chi connectivity index (χ2n) is 5.26. The number of rotatable bonds is 5. The van der Waals surface area contributed by atoms with Crippen molar-refractivity contribution in [2.24, 2.45) is 0 Å². The fraction of sp³-hybridized carbons (Fsp3) is 0.235. The molecule has 1 amide bonds. The van der Waals surface area contributed by atoms with Crippen LogP contribution in [0.25, 0.3) is 0 Å². The number of nitro groups is 1. The quantitative estimate of drug-likeness (QED) is 0.680. The minimum atomic E-state index is -0.466. The minimum absolute atomic E-state index is 0.00659. The van der Waals surface area contributed by atoms with E-state index in [4.69, 9.17) is 0 Å². The molecule has 0 saturated carbocycles. The van der Waals surface area contributed by atoms with E-state index in [2.05, 4.69) is 5.32 Å². The number of hydrogen-bond acceptors (Lipinski definition) is 3. The minimum Gasteiger partial charge on any atom is -0.349 e. The summed E-state index contributed by atoms with van der Waals surface area (Å²) in [6, 6.07) is 14.1. The molecule has 5 heteroatoms. The van der Waals surface area contributed by atoms with E-state index < -0.39 is 4.92 Å². The highest BCUT2D eigenvalue weighted by atomic mass is 16.6. The van der Waals surface area contributed by atoms with Gasteiger partial charge in [-0.1, -0.05) is 48.0 Å². The zero-order valence-corrected chi connectivity index (χ0v) is 12.6. The predicted octanol–water partition coefficient (Wildman–Crippen LogP) is 3.32. The van der Waals surface area contributed by atoms with Crippen molar-refractivity contribution in [2.45, 2.75) is 26.3 Å². The lowest BCUT2D eigenvalue weighted by atomic mass is 10.1. The second kappa shape index (κ2) is 6.85. The number of hydrogen-bond donors (Lipinski definition) is 1. The first kappa shape index (κ1) is 15.7. The van der Waals surface area contributed by atoms with E-state index in [9.17, 15) is 14.9 Å². The molecule has 1 N–H and O–H groups in total. The number of aryl methyl sites for hydroxylation is 1. The van der Waals surface area contributed by atoms with Gasteiger partial charge in [0.1, 0.15) is 0 Å². The normalized spacial score (nSPS) is 11.7. The summed E-state index contributed by atoms with van der Waals surface area (Å²) in [6.07, 6.45) is -0.00659. The van der Waals surface area contributed by atoms with Crippen molar-refractivity contribution in [1.82, 2.24) is 5.32 Å². The Morgan fingerprint density at radius 3 is 2.45 bits per heavy atom. The molecule has 2 aromatic rings. The lowest BCUT2D eigenvalue weighted by molar-refractivity contribution is -0.385. The largest absolute Gasteiger partial charge is 0.349 e. The highest BCUT2D eigenvalue weighted by Crippen LogP contribution is 2.19. The van der Waals surface area contributed by atoms with Crippen molar-refractivity contribution in [3.63, 3.8) is 0 Å². The molecular formula is C17H18N2O3. The smallest absolute Gasteiger partial charge is 0.273 e. The Labute approximate surface area is 129 Å². The number of nitro benzene ring substituents is 1. The van der Waals surface area contributed by atoms with Crippen LogP contribution in [0.15, 0.2) is 48.5 Å². The van der Waals surface area contributed by atoms with E-state index >= 15 is 0 Å². The molecule has 0 spiro atoms. The van der Waals surface area contributed by atoms with E-state index in [-0.39, 0.29) is 24.1 Å². The van der Waals surface area contributed by atoms with Crippen LogP contribution in [0.5, 0.6) is 0 Å². The first-order chi connectivity index (χ1) is 10.5. The monoisotopic (exact) mass is 298 g/mol. The van der Waals surface area contributed by atoms with E-state index in [1.165, 1.54) is 6.07 Å². The molecule has 0 bridgehead atoms. The molecule has 1 atom stereocenters. The zero-order valence-electron chi connectivity index (χ0n) is 12.6. The van der Waals surface area contributed by atoms with Gasteiger partial charge >= 0.3 is 0 Å². The highest BCUT2D eigenvalue weighted by molar-refractivity contribution is 5.80. The van der Waals surface area contributed by atoms with Crippen LogP contribution in [-0.4, -0.2) is 10.8 Å². The number of carbonyl (C=O) groups is 1. The van der Waals surface area contributed by atoms with Gasteiger partial charge in [-0.25, -0.2) is 0 Å². The molecular weight excluding hydrogens is 280 g/mol. The summed E-state index contributed by atoms with van der Waals surface area (Å²) in [4.78, 5) is 22.6. The van der Waals surface area contributed by atoms with Crippen LogP contribution < -0.4 is 5.32 Å². The Morgan fingerprint density at radius 1 is 1.18 bits per heavy atom. The van der Waals surface area contributed by atoms with E-state index in [0.29, 0.717) is 5.56 Å². The topological polar surface area (TPSA) is 72.2 Å². The molecule has 0 radical (unpaired) electrons. The maximum atomic E-state index is 12.1. The van der Waals surface area contributed by atoms with Crippen LogP contribution >= 0.6 is 0 Å². The number of nitrogens with zero attached hydrogens (tertiary/aromatic N) is 1. The van der Waals surface area contributed by atoms with Crippen LogP contribution in [0.1, 0.15) is 29.7 Å². The van der Waals surface area contributed by atoms with Gasteiger partial charge in [-0.2, -0.15) is 0 Å². The van der Waals surface area contributed by atoms with Crippen molar-refractivity contribution in [3.8, 4) is 0 Å². The van der Waals surface area contributed by atoms with Gasteiger partial charge in [0.05, 0.1) is 17.4 Å². The molecule has 0 aliphatic rings. The Hall–Kier alpha value is -2.69. The van der Waals surface area contributed by atoms with Gasteiger partial charge in [0.2, 0.25) is 5.91 Å². The predicted molar refractivity (Wildman–Crippen MR) is 84.5 cm³/mol. The third kappa shape index (κ3) is 3.91. The van der Waals surface area contributed by atoms with Crippen molar-refractivity contribution in [3.05, 3.63) is 75.3 Å². The molecule has 2 rings (SSSR count). The van der Waals surface area contributed by atoms with Crippen molar-refractivity contribution >= 4 is 11.6 Å². The average Bonchev–Trinajstić information content (AvgIpc) is 2.48. The van der Waals surface area contributed by atoms with Crippen LogP contribution in [-0.2, 0) is 11.2 Å². The zero-order chi connectivity index (χ0) is 16.1. The van der Waals surface area contributed by atoms with Gasteiger partial charge in [-0.3, -0.25) is 14.9 Å². The van der Waals surface area contributed by atoms with Crippen LogP contribution in [0.4, 0.5) is 5.69 Å². The maximum Gasteiger partial charge on any atom is 0.273 e. The standard InChI is InChI=1S/C17H18N2O3/c1-12-7-9-14(10-8-12)13(2)18-17(20)11-15-5-3-4-6-16(15)19(21)22/h3-10,13H,11H2,1-2H3,(H,18,20)/t13-/m0/s1. The molecule has 0 aromatic heterocycles. The fourth-order valence-electron chi connectivity index (χ4n) is 2.24. The lowest BCUT2D eigenvalue weighted by Gasteiger charge is -2.14. The van der Waals surface area contributed by atoms with E-state index in [1.807, 2.05) is 38.1 Å². The molecule has 0 saturated heterocycles. The summed E-state index contributed by atoms with van der Waals surface area (Å²) < 4.78 is 0. The highest BCUT2D eigenvalue weighted by Gasteiger charge is 2.16. The van der Waals surface area contributed by atoms with E-state index in [1.54, 1.807) is 18.2 Å². The Balaban J connectivity index is 2.04. The Kier molecular flexibility index (Phi) is 4.88. The molecule has 0 unspecified atom stereocenters. The van der Waals surface area contributed by atoms with Crippen molar-refractivity contribution < 1.29 is 9.72 Å². The number of amides is 1. The van der Waals surface area contributed by atoms with Crippen LogP contribution in [0, 0.1) is 17.0 Å². The van der Waals surface area contributed by atoms with Gasteiger partial charge in [0, 0.05) is 11.6 Å². The molecule has 0 aliphatic heterocycles. The van der Waals surface area contributed by atoms with E-state index in [0.717, 1.165) is 11.1 Å². The first-order valence-electron chi connectivity index (χ1n) is 7.05. The van der Waals surface area contributed by atoms with Crippen molar-refractivity contribution in [2.75, 3.05) is 0 Å². The summed E-state index contributed by atoms with van der Waals surface area (Å²) in [5.41, 5.74) is 2.55. The number of nitrogens with one attached hydrogen (secondary N) is 1. The summed E-state index contributed by atoms with van der Waals surface area (Å²) in [5, 5.41) is 13.8. The number of para-hydroxylation sites is 1. The van der Waals surface area contributed by atoms with Gasteiger partial charge in [0.25, 0.3) is 5.69 Å². The molecule has 0 aliphatic carbocycles. The lowest BCUT2D eigenvalue weighted by Crippen LogP contribution is -2.28. The fourth-order valence-corrected chi connectivity index (χ4v) is 2.24. The molecule has 2 aromatic carbocycles. The van der Waals surface area contributed by atoms with Gasteiger partial charge < -0.3 is 5.32 Å². The average molecular weight is 298 g/mol. The summed E-state index contributed by atoms with van der Waals surface area (Å²) in [7, 11) is 0. The molecule has 22 heavy (non-hydrogen) atoms. The SMILES string of the molecule is Cc1ccc([C@H](C)NC(=O)Cc2ccccc2[N+](=O)[O-])cc1. The van der Waals surface area contributed by atoms with Gasteiger partial charge in [-0.05, 0) is 19.4 Å². The molecule has 0 fully saturated rings. The van der Waals surface area contributed by atoms with Crippen LogP contribution in [0.3, 0.4) is 0 Å². The van der Waals surface area contributed by atoms with Crippen LogP contribution in [0.2, 0.25) is 0 Å². The third-order valence-corrected chi connectivity index (χ3v) is 3.49. The molecule has 114 valence electrons.